The van der Waals surface area contributed by atoms with Crippen LogP contribution < -0.4 is 14.7 Å². The zero-order chi connectivity index (χ0) is 38.6. The minimum atomic E-state index is -5.17. The number of fused-ring (bicyclic) bond motifs is 1. The van der Waals surface area contributed by atoms with E-state index in [1.54, 1.807) is 25.9 Å². The zero-order valence-corrected chi connectivity index (χ0v) is 28.1. The second-order valence-electron chi connectivity index (χ2n) is 12.3. The molecule has 2 atom stereocenters. The molecule has 0 radical (unpaired) electrons. The molecule has 19 heteroatoms. The van der Waals surface area contributed by atoms with E-state index in [2.05, 4.69) is 15.0 Å². The number of ether oxygens (including phenoxy) is 1. The van der Waals surface area contributed by atoms with E-state index in [0.29, 0.717) is 43.1 Å². The average molecular weight is 751 g/mol. The summed E-state index contributed by atoms with van der Waals surface area (Å²) in [5.74, 6) is -1.23. The van der Waals surface area contributed by atoms with Crippen LogP contribution in [0.4, 0.5) is 61.6 Å². The van der Waals surface area contributed by atoms with E-state index in [9.17, 15) is 49.1 Å². The van der Waals surface area contributed by atoms with Gasteiger partial charge in [-0.2, -0.15) is 39.5 Å². The van der Waals surface area contributed by atoms with Gasteiger partial charge in [-0.15, -0.1) is 0 Å². The Kier molecular flexibility index (Phi) is 12.1. The fourth-order valence-electron chi connectivity index (χ4n) is 5.72. The number of benzene rings is 1. The first kappa shape index (κ1) is 39.9. The van der Waals surface area contributed by atoms with E-state index in [4.69, 9.17) is 9.84 Å². The van der Waals surface area contributed by atoms with Crippen molar-refractivity contribution in [3.8, 4) is 0 Å². The fourth-order valence-corrected chi connectivity index (χ4v) is 5.72. The summed E-state index contributed by atoms with van der Waals surface area (Å²) in [6.07, 6.45) is -12.7. The molecule has 1 amide bonds. The third-order valence-corrected chi connectivity index (χ3v) is 8.33. The number of nitrogens with zero attached hydrogens (tertiary/aromatic N) is 6. The second-order valence-corrected chi connectivity index (χ2v) is 12.3. The third-order valence-electron chi connectivity index (χ3n) is 8.33. The Bertz CT molecular complexity index is 1680. The molecule has 0 bridgehead atoms. The van der Waals surface area contributed by atoms with Gasteiger partial charge in [-0.05, 0) is 68.0 Å². The van der Waals surface area contributed by atoms with Crippen molar-refractivity contribution < 1.29 is 58.9 Å². The number of carbonyl (C=O) groups excluding carboxylic acids is 1. The monoisotopic (exact) mass is 750 g/mol. The Hall–Kier alpha value is -4.84. The lowest BCUT2D eigenvalue weighted by molar-refractivity contribution is -0.143. The summed E-state index contributed by atoms with van der Waals surface area (Å²) in [4.78, 5) is 40.5. The predicted octanol–water partition coefficient (Wildman–Crippen LogP) is 8.51. The SMILES string of the molecule is CC[C@@H]1C[C@@H](N(Cc2cc(C(F)(F)F)cc(C(F)(F)F)c2)c2ncc(N(C)C)cn2)c2nc(C(F)(F)F)ccc2N1C(=O)OCCCCCC(=O)O. The van der Waals surface area contributed by atoms with E-state index in [-0.39, 0.29) is 49.3 Å². The van der Waals surface area contributed by atoms with Gasteiger partial charge >= 0.3 is 30.6 Å². The zero-order valence-electron chi connectivity index (χ0n) is 28.1. The lowest BCUT2D eigenvalue weighted by Gasteiger charge is -2.43. The van der Waals surface area contributed by atoms with Crippen LogP contribution in [-0.4, -0.2) is 58.9 Å². The molecule has 1 aliphatic rings. The summed E-state index contributed by atoms with van der Waals surface area (Å²) in [6.45, 7) is 0.812. The number of hydrogen-bond acceptors (Lipinski definition) is 8. The molecule has 284 valence electrons. The summed E-state index contributed by atoms with van der Waals surface area (Å²) < 4.78 is 130. The standard InChI is InChI=1S/C33H35F9N6O4/c1-4-22-15-25(28-24(9-10-26(45-28)33(40,41)42)48(22)30(51)52-11-7-5-6-8-27(49)50)47(29-43-16-23(17-44-29)46(2)3)18-19-12-20(31(34,35)36)14-21(13-19)32(37,38)39/h9-10,12-14,16-17,22,25H,4-8,11,15,18H2,1-3H3,(H,49,50)/t22-,25-/m1/s1. The van der Waals surface area contributed by atoms with Crippen molar-refractivity contribution in [2.45, 2.75) is 82.6 Å². The second kappa shape index (κ2) is 15.8. The number of alkyl halides is 9. The highest BCUT2D eigenvalue weighted by atomic mass is 19.4. The van der Waals surface area contributed by atoms with Gasteiger partial charge in [0, 0.05) is 33.1 Å². The van der Waals surface area contributed by atoms with Gasteiger partial charge in [-0.25, -0.2) is 19.7 Å². The van der Waals surface area contributed by atoms with Crippen molar-refractivity contribution in [2.24, 2.45) is 0 Å². The maximum absolute atomic E-state index is 14.0. The number of pyridine rings is 1. The number of carboxylic acid groups (broad SMARTS) is 1. The molecule has 3 heterocycles. The van der Waals surface area contributed by atoms with Crippen LogP contribution in [-0.2, 0) is 34.6 Å². The Morgan fingerprint density at radius 3 is 2.04 bits per heavy atom. The highest BCUT2D eigenvalue weighted by Gasteiger charge is 2.44. The topological polar surface area (TPSA) is 112 Å². The molecule has 0 unspecified atom stereocenters. The Balaban J connectivity index is 1.85. The third kappa shape index (κ3) is 9.73. The van der Waals surface area contributed by atoms with Gasteiger partial charge in [0.25, 0.3) is 0 Å². The molecule has 0 aliphatic carbocycles. The Morgan fingerprint density at radius 2 is 1.52 bits per heavy atom. The molecular weight excluding hydrogens is 715 g/mol. The molecule has 10 nitrogen and oxygen atoms in total. The lowest BCUT2D eigenvalue weighted by atomic mass is 9.91. The number of rotatable bonds is 12. The van der Waals surface area contributed by atoms with Gasteiger partial charge in [0.05, 0.1) is 53.2 Å². The number of anilines is 3. The molecule has 1 N–H and O–H groups in total. The summed E-state index contributed by atoms with van der Waals surface area (Å²) in [7, 11) is 3.32. The van der Waals surface area contributed by atoms with E-state index >= 15 is 0 Å². The van der Waals surface area contributed by atoms with Crippen molar-refractivity contribution >= 4 is 29.4 Å². The molecular formula is C33H35F9N6O4. The predicted molar refractivity (Wildman–Crippen MR) is 170 cm³/mol. The van der Waals surface area contributed by atoms with Crippen molar-refractivity contribution in [1.29, 1.82) is 0 Å². The van der Waals surface area contributed by atoms with E-state index in [1.165, 1.54) is 17.3 Å². The van der Waals surface area contributed by atoms with E-state index in [1.807, 2.05) is 0 Å². The minimum absolute atomic E-state index is 0.0357. The first-order chi connectivity index (χ1) is 24.2. The van der Waals surface area contributed by atoms with Crippen LogP contribution in [0, 0.1) is 0 Å². The number of halogens is 9. The maximum Gasteiger partial charge on any atom is 0.433 e. The fraction of sp³-hybridized carbons (Fsp3) is 0.485. The van der Waals surface area contributed by atoms with Crippen molar-refractivity contribution in [2.75, 3.05) is 35.4 Å². The molecule has 3 aromatic rings. The number of hydrogen-bond donors (Lipinski definition) is 1. The van der Waals surface area contributed by atoms with Crippen LogP contribution in [0.25, 0.3) is 0 Å². The van der Waals surface area contributed by atoms with Crippen molar-refractivity contribution in [3.63, 3.8) is 0 Å². The van der Waals surface area contributed by atoms with Crippen LogP contribution in [0.15, 0.2) is 42.7 Å². The quantitative estimate of drug-likeness (QED) is 0.144. The highest BCUT2D eigenvalue weighted by Crippen LogP contribution is 2.45. The van der Waals surface area contributed by atoms with E-state index < -0.39 is 71.6 Å². The lowest BCUT2D eigenvalue weighted by Crippen LogP contribution is -2.48. The molecule has 2 aromatic heterocycles. The van der Waals surface area contributed by atoms with Gasteiger partial charge in [0.1, 0.15) is 5.69 Å². The Labute approximate surface area is 292 Å². The van der Waals surface area contributed by atoms with Crippen LogP contribution in [0.2, 0.25) is 0 Å². The number of carboxylic acids is 1. The minimum Gasteiger partial charge on any atom is -0.481 e. The van der Waals surface area contributed by atoms with Crippen molar-refractivity contribution in [3.05, 3.63) is 70.8 Å². The number of aromatic nitrogens is 3. The first-order valence-corrected chi connectivity index (χ1v) is 16.0. The smallest absolute Gasteiger partial charge is 0.433 e. The number of aliphatic carboxylic acids is 1. The normalized spacial score (nSPS) is 16.3. The summed E-state index contributed by atoms with van der Waals surface area (Å²) >= 11 is 0. The van der Waals surface area contributed by atoms with Gasteiger partial charge in [-0.3, -0.25) is 9.69 Å². The summed E-state index contributed by atoms with van der Waals surface area (Å²) in [5.41, 5.74) is -5.05. The molecule has 1 aromatic carbocycles. The van der Waals surface area contributed by atoms with Crippen LogP contribution in [0.1, 0.15) is 79.6 Å². The number of carbonyl (C=O) groups is 2. The average Bonchev–Trinajstić information content (AvgIpc) is 3.06. The summed E-state index contributed by atoms with van der Waals surface area (Å²) in [6, 6.07) is 0.548. The van der Waals surface area contributed by atoms with Crippen LogP contribution >= 0.6 is 0 Å². The van der Waals surface area contributed by atoms with Crippen LogP contribution in [0.5, 0.6) is 0 Å². The Morgan fingerprint density at radius 1 is 0.904 bits per heavy atom. The van der Waals surface area contributed by atoms with Crippen molar-refractivity contribution in [1.82, 2.24) is 15.0 Å². The largest absolute Gasteiger partial charge is 0.481 e. The maximum atomic E-state index is 14.0. The highest BCUT2D eigenvalue weighted by molar-refractivity contribution is 5.90. The molecule has 1 aliphatic heterocycles. The van der Waals surface area contributed by atoms with E-state index in [0.717, 1.165) is 11.0 Å². The number of unbranched alkanes of at least 4 members (excludes halogenated alkanes) is 2. The molecule has 0 fully saturated rings. The molecule has 52 heavy (non-hydrogen) atoms. The summed E-state index contributed by atoms with van der Waals surface area (Å²) in [5, 5.41) is 8.81. The first-order valence-electron chi connectivity index (χ1n) is 16.0. The van der Waals surface area contributed by atoms with Crippen LogP contribution in [0.3, 0.4) is 0 Å². The molecule has 4 rings (SSSR count). The van der Waals surface area contributed by atoms with Gasteiger partial charge in [0.2, 0.25) is 5.95 Å². The molecule has 0 spiro atoms. The molecule has 0 saturated heterocycles. The van der Waals surface area contributed by atoms with Gasteiger partial charge in [0.15, 0.2) is 0 Å². The molecule has 0 saturated carbocycles. The number of amides is 1. The van der Waals surface area contributed by atoms with Gasteiger partial charge in [-0.1, -0.05) is 6.92 Å². The van der Waals surface area contributed by atoms with Gasteiger partial charge < -0.3 is 19.6 Å².